The lowest BCUT2D eigenvalue weighted by atomic mass is 10.0. The van der Waals surface area contributed by atoms with E-state index in [0.717, 1.165) is 16.7 Å². The predicted octanol–water partition coefficient (Wildman–Crippen LogP) is 4.17. The summed E-state index contributed by atoms with van der Waals surface area (Å²) in [6.45, 7) is 0.852. The first-order chi connectivity index (χ1) is 15.0. The fourth-order valence-corrected chi connectivity index (χ4v) is 5.58. The summed E-state index contributed by atoms with van der Waals surface area (Å²) in [5.41, 5.74) is 2.69. The molecule has 1 aliphatic rings. The van der Waals surface area contributed by atoms with Crippen LogP contribution in [-0.4, -0.2) is 32.5 Å². The molecule has 1 unspecified atom stereocenters. The number of rotatable bonds is 5. The van der Waals surface area contributed by atoms with E-state index in [2.05, 4.69) is 0 Å². The summed E-state index contributed by atoms with van der Waals surface area (Å²) in [4.78, 5) is 0.111. The second-order valence-corrected chi connectivity index (χ2v) is 9.33. The van der Waals surface area contributed by atoms with Gasteiger partial charge in [-0.2, -0.15) is 4.31 Å². The van der Waals surface area contributed by atoms with Crippen LogP contribution in [0, 0.1) is 5.82 Å². The maximum Gasteiger partial charge on any atom is 0.247 e. The minimum Gasteiger partial charge on any atom is -0.495 e. The summed E-state index contributed by atoms with van der Waals surface area (Å²) >= 11 is 0. The average Bonchev–Trinajstić information content (AvgIpc) is 2.77. The van der Waals surface area contributed by atoms with Crippen LogP contribution >= 0.6 is 0 Å². The molecular weight excluding hydrogens is 417 g/mol. The van der Waals surface area contributed by atoms with Gasteiger partial charge < -0.3 is 9.47 Å². The van der Waals surface area contributed by atoms with Crippen LogP contribution in [0.3, 0.4) is 0 Å². The molecule has 0 radical (unpaired) electrons. The van der Waals surface area contributed by atoms with Crippen LogP contribution in [-0.2, 0) is 34.3 Å². The van der Waals surface area contributed by atoms with Gasteiger partial charge in [0.25, 0.3) is 0 Å². The number of ether oxygens (including phenoxy) is 2. The third-order valence-electron chi connectivity index (χ3n) is 5.46. The molecule has 0 bridgehead atoms. The normalized spacial score (nSPS) is 17.4. The van der Waals surface area contributed by atoms with Crippen LogP contribution in [0.25, 0.3) is 0 Å². The summed E-state index contributed by atoms with van der Waals surface area (Å²) < 4.78 is 53.8. The summed E-state index contributed by atoms with van der Waals surface area (Å²) in [6, 6.07) is 19.9. The van der Waals surface area contributed by atoms with Crippen molar-refractivity contribution in [2.45, 2.75) is 30.5 Å². The first-order valence-corrected chi connectivity index (χ1v) is 11.5. The predicted molar refractivity (Wildman–Crippen MR) is 116 cm³/mol. The van der Waals surface area contributed by atoms with E-state index in [9.17, 15) is 12.8 Å². The van der Waals surface area contributed by atoms with Crippen molar-refractivity contribution in [1.29, 1.82) is 0 Å². The maximum atomic E-state index is 13.8. The van der Waals surface area contributed by atoms with Gasteiger partial charge in [-0.25, -0.2) is 12.8 Å². The van der Waals surface area contributed by atoms with Crippen molar-refractivity contribution in [1.82, 2.24) is 4.31 Å². The summed E-state index contributed by atoms with van der Waals surface area (Å²) in [6.07, 6.45) is 0.400. The lowest BCUT2D eigenvalue weighted by Gasteiger charge is -2.34. The van der Waals surface area contributed by atoms with E-state index in [1.165, 1.54) is 23.5 Å². The van der Waals surface area contributed by atoms with Crippen LogP contribution in [0.4, 0.5) is 4.39 Å². The largest absolute Gasteiger partial charge is 0.495 e. The molecule has 1 heterocycles. The van der Waals surface area contributed by atoms with Crippen molar-refractivity contribution in [3.8, 4) is 5.75 Å². The highest BCUT2D eigenvalue weighted by Crippen LogP contribution is 2.31. The highest BCUT2D eigenvalue weighted by Gasteiger charge is 2.35. The third kappa shape index (κ3) is 4.63. The fourth-order valence-electron chi connectivity index (χ4n) is 3.83. The van der Waals surface area contributed by atoms with Gasteiger partial charge in [0, 0.05) is 6.54 Å². The number of nitrogens with zero attached hydrogens (tertiary/aromatic N) is 1. The first kappa shape index (κ1) is 21.5. The van der Waals surface area contributed by atoms with Crippen molar-refractivity contribution >= 4 is 10.0 Å². The van der Waals surface area contributed by atoms with Gasteiger partial charge in [-0.15, -0.1) is 0 Å². The standard InChI is InChI=1S/C24H24FNO4S/c1-29-23-8-4-5-9-24(23)31(27,28)26-15-19-6-2-3-7-20(19)16-30-17-22(26)14-18-10-12-21(25)13-11-18/h2-13,22H,14-17H2,1H3. The Kier molecular flexibility index (Phi) is 6.36. The van der Waals surface area contributed by atoms with Gasteiger partial charge >= 0.3 is 0 Å². The summed E-state index contributed by atoms with van der Waals surface area (Å²) in [5, 5.41) is 0. The average molecular weight is 442 g/mol. The van der Waals surface area contributed by atoms with Gasteiger partial charge in [0.2, 0.25) is 10.0 Å². The Hall–Kier alpha value is -2.74. The van der Waals surface area contributed by atoms with Gasteiger partial charge in [-0.05, 0) is 47.4 Å². The zero-order valence-electron chi connectivity index (χ0n) is 17.2. The van der Waals surface area contributed by atoms with Crippen molar-refractivity contribution in [3.63, 3.8) is 0 Å². The second-order valence-electron chi connectivity index (χ2n) is 7.47. The number of sulfonamides is 1. The van der Waals surface area contributed by atoms with Gasteiger partial charge in [0.15, 0.2) is 0 Å². The molecule has 0 spiro atoms. The van der Waals surface area contributed by atoms with Crippen molar-refractivity contribution < 1.29 is 22.3 Å². The lowest BCUT2D eigenvalue weighted by molar-refractivity contribution is 0.0673. The summed E-state index contributed by atoms with van der Waals surface area (Å²) in [7, 11) is -2.46. The quantitative estimate of drug-likeness (QED) is 0.597. The Morgan fingerprint density at radius 1 is 1.00 bits per heavy atom. The van der Waals surface area contributed by atoms with Gasteiger partial charge in [-0.3, -0.25) is 0 Å². The van der Waals surface area contributed by atoms with E-state index >= 15 is 0 Å². The van der Waals surface area contributed by atoms with Crippen LogP contribution in [0.1, 0.15) is 16.7 Å². The number of methoxy groups -OCH3 is 1. The van der Waals surface area contributed by atoms with E-state index in [1.54, 1.807) is 36.4 Å². The van der Waals surface area contributed by atoms with Crippen LogP contribution in [0.2, 0.25) is 0 Å². The molecule has 3 aromatic carbocycles. The molecule has 162 valence electrons. The van der Waals surface area contributed by atoms with Crippen LogP contribution in [0.15, 0.2) is 77.7 Å². The van der Waals surface area contributed by atoms with E-state index in [-0.39, 0.29) is 23.9 Å². The lowest BCUT2D eigenvalue weighted by Crippen LogP contribution is -2.45. The number of benzene rings is 3. The van der Waals surface area contributed by atoms with Crippen molar-refractivity contribution in [2.75, 3.05) is 13.7 Å². The number of halogens is 1. The molecule has 0 fully saturated rings. The monoisotopic (exact) mass is 441 g/mol. The minimum atomic E-state index is -3.91. The molecule has 0 saturated carbocycles. The molecule has 7 heteroatoms. The fraction of sp³-hybridized carbons (Fsp3) is 0.250. The van der Waals surface area contributed by atoms with E-state index < -0.39 is 16.1 Å². The summed E-state index contributed by atoms with van der Waals surface area (Å²) in [5.74, 6) is -0.0376. The van der Waals surface area contributed by atoms with Gasteiger partial charge in [-0.1, -0.05) is 48.5 Å². The van der Waals surface area contributed by atoms with E-state index in [1.807, 2.05) is 24.3 Å². The molecule has 0 aliphatic carbocycles. The van der Waals surface area contributed by atoms with E-state index in [0.29, 0.717) is 18.8 Å². The Morgan fingerprint density at radius 3 is 2.42 bits per heavy atom. The van der Waals surface area contributed by atoms with E-state index in [4.69, 9.17) is 9.47 Å². The molecule has 0 amide bonds. The highest BCUT2D eigenvalue weighted by molar-refractivity contribution is 7.89. The first-order valence-electron chi connectivity index (χ1n) is 10.0. The molecular formula is C24H24FNO4S. The van der Waals surface area contributed by atoms with Crippen molar-refractivity contribution in [2.24, 2.45) is 0 Å². The number of hydrogen-bond donors (Lipinski definition) is 0. The molecule has 1 atom stereocenters. The Morgan fingerprint density at radius 2 is 1.68 bits per heavy atom. The third-order valence-corrected chi connectivity index (χ3v) is 7.40. The highest BCUT2D eigenvalue weighted by atomic mass is 32.2. The second kappa shape index (κ2) is 9.18. The molecule has 1 aliphatic heterocycles. The molecule has 4 rings (SSSR count). The zero-order valence-corrected chi connectivity index (χ0v) is 18.0. The number of hydrogen-bond acceptors (Lipinski definition) is 4. The Labute approximate surface area is 182 Å². The zero-order chi connectivity index (χ0) is 21.8. The minimum absolute atomic E-state index is 0.111. The Balaban J connectivity index is 1.78. The van der Waals surface area contributed by atoms with Gasteiger partial charge in [0.05, 0.1) is 26.4 Å². The molecule has 0 saturated heterocycles. The molecule has 0 N–H and O–H groups in total. The Bertz CT molecular complexity index is 1150. The smallest absolute Gasteiger partial charge is 0.247 e. The topological polar surface area (TPSA) is 55.8 Å². The number of fused-ring (bicyclic) bond motifs is 1. The van der Waals surface area contributed by atoms with Crippen LogP contribution in [0.5, 0.6) is 5.75 Å². The van der Waals surface area contributed by atoms with Gasteiger partial charge in [0.1, 0.15) is 16.5 Å². The SMILES string of the molecule is COc1ccccc1S(=O)(=O)N1Cc2ccccc2COCC1Cc1ccc(F)cc1. The maximum absolute atomic E-state index is 13.8. The molecule has 0 aromatic heterocycles. The molecule has 3 aromatic rings. The number of para-hydroxylation sites is 1. The molecule has 5 nitrogen and oxygen atoms in total. The van der Waals surface area contributed by atoms with Crippen LogP contribution < -0.4 is 4.74 Å². The van der Waals surface area contributed by atoms with Crippen molar-refractivity contribution in [3.05, 3.63) is 95.3 Å². The molecule has 31 heavy (non-hydrogen) atoms.